The summed E-state index contributed by atoms with van der Waals surface area (Å²) in [5.41, 5.74) is 2.59. The Labute approximate surface area is 151 Å². The second-order valence-electron chi connectivity index (χ2n) is 5.62. The van der Waals surface area contributed by atoms with Crippen molar-refractivity contribution < 1.29 is 14.1 Å². The molecule has 3 rings (SSSR count). The van der Waals surface area contributed by atoms with Gasteiger partial charge in [0, 0.05) is 12.1 Å². The second-order valence-corrected chi connectivity index (χ2v) is 5.62. The van der Waals surface area contributed by atoms with E-state index >= 15 is 0 Å². The number of carbonyl (C=O) groups is 1. The van der Waals surface area contributed by atoms with Gasteiger partial charge in [0.2, 0.25) is 5.82 Å². The maximum absolute atomic E-state index is 11.7. The van der Waals surface area contributed by atoms with E-state index in [1.54, 1.807) is 12.1 Å². The number of hydrogen-bond acceptors (Lipinski definition) is 5. The third-order valence-corrected chi connectivity index (χ3v) is 3.73. The van der Waals surface area contributed by atoms with E-state index in [1.807, 2.05) is 49.4 Å². The van der Waals surface area contributed by atoms with Crippen LogP contribution in [0.15, 0.2) is 65.7 Å². The Morgan fingerprint density at radius 2 is 1.92 bits per heavy atom. The first-order valence-corrected chi connectivity index (χ1v) is 8.18. The molecular formula is C20H19N3O3. The third kappa shape index (κ3) is 3.97. The molecule has 3 aromatic rings. The topological polar surface area (TPSA) is 77.2 Å². The largest absolute Gasteiger partial charge is 0.483 e. The van der Waals surface area contributed by atoms with Crippen LogP contribution in [-0.4, -0.2) is 29.2 Å². The van der Waals surface area contributed by atoms with Crippen LogP contribution in [-0.2, 0) is 4.79 Å². The molecule has 0 unspecified atom stereocenters. The summed E-state index contributed by atoms with van der Waals surface area (Å²) in [6, 6.07) is 15.1. The highest BCUT2D eigenvalue weighted by atomic mass is 16.5. The van der Waals surface area contributed by atoms with E-state index in [4.69, 9.17) is 9.26 Å². The summed E-state index contributed by atoms with van der Waals surface area (Å²) >= 11 is 0. The van der Waals surface area contributed by atoms with Gasteiger partial charge in [-0.3, -0.25) is 4.79 Å². The van der Waals surface area contributed by atoms with Crippen molar-refractivity contribution in [3.63, 3.8) is 0 Å². The van der Waals surface area contributed by atoms with Gasteiger partial charge in [0.15, 0.2) is 6.61 Å². The Bertz CT molecular complexity index is 918. The Morgan fingerprint density at radius 1 is 1.19 bits per heavy atom. The highest BCUT2D eigenvalue weighted by Crippen LogP contribution is 2.30. The number of para-hydroxylation sites is 1. The molecule has 0 aliphatic rings. The normalized spacial score (nSPS) is 10.3. The fourth-order valence-corrected chi connectivity index (χ4v) is 2.41. The minimum absolute atomic E-state index is 0.104. The van der Waals surface area contributed by atoms with Crippen LogP contribution in [0.5, 0.6) is 5.75 Å². The van der Waals surface area contributed by atoms with Gasteiger partial charge in [-0.1, -0.05) is 41.6 Å². The number of aromatic nitrogens is 2. The van der Waals surface area contributed by atoms with Gasteiger partial charge in [-0.2, -0.15) is 4.98 Å². The van der Waals surface area contributed by atoms with Crippen LogP contribution >= 0.6 is 0 Å². The van der Waals surface area contributed by atoms with E-state index in [1.165, 1.54) is 0 Å². The van der Waals surface area contributed by atoms with Gasteiger partial charge < -0.3 is 14.6 Å². The van der Waals surface area contributed by atoms with Gasteiger partial charge in [-0.25, -0.2) is 0 Å². The smallest absolute Gasteiger partial charge is 0.258 e. The molecule has 6 heteroatoms. The van der Waals surface area contributed by atoms with Crippen LogP contribution in [0.1, 0.15) is 5.56 Å². The zero-order valence-electron chi connectivity index (χ0n) is 14.4. The standard InChI is InChI=1S/C20H19N3O3/c1-3-12-21-18(24)13-25-17-11-7-6-10-16(17)19-22-20(26-23-19)15-9-5-4-8-14(15)2/h3-11H,1,12-13H2,2H3,(H,21,24). The molecule has 6 nitrogen and oxygen atoms in total. The number of hydrogen-bond donors (Lipinski definition) is 1. The Morgan fingerprint density at radius 3 is 2.69 bits per heavy atom. The molecule has 1 heterocycles. The van der Waals surface area contributed by atoms with E-state index in [0.717, 1.165) is 11.1 Å². The molecular weight excluding hydrogens is 330 g/mol. The fourth-order valence-electron chi connectivity index (χ4n) is 2.41. The predicted octanol–water partition coefficient (Wildman–Crippen LogP) is 3.39. The van der Waals surface area contributed by atoms with E-state index in [0.29, 0.717) is 29.6 Å². The zero-order valence-corrected chi connectivity index (χ0v) is 14.4. The van der Waals surface area contributed by atoms with Gasteiger partial charge in [0.1, 0.15) is 5.75 Å². The first-order valence-electron chi connectivity index (χ1n) is 8.18. The van der Waals surface area contributed by atoms with Gasteiger partial charge in [0.25, 0.3) is 11.8 Å². The molecule has 1 aromatic heterocycles. The Balaban J connectivity index is 1.81. The molecule has 0 fully saturated rings. The number of rotatable bonds is 7. The summed E-state index contributed by atoms with van der Waals surface area (Å²) in [5.74, 6) is 1.13. The summed E-state index contributed by atoms with van der Waals surface area (Å²) in [4.78, 5) is 16.2. The summed E-state index contributed by atoms with van der Waals surface area (Å²) in [5, 5.41) is 6.72. The molecule has 0 aliphatic carbocycles. The highest BCUT2D eigenvalue weighted by Gasteiger charge is 2.16. The zero-order chi connectivity index (χ0) is 18.4. The lowest BCUT2D eigenvalue weighted by atomic mass is 10.1. The number of amides is 1. The minimum atomic E-state index is -0.228. The van der Waals surface area contributed by atoms with Crippen molar-refractivity contribution in [1.82, 2.24) is 15.5 Å². The van der Waals surface area contributed by atoms with Crippen molar-refractivity contribution in [2.24, 2.45) is 0 Å². The lowest BCUT2D eigenvalue weighted by Gasteiger charge is -2.09. The van der Waals surface area contributed by atoms with Crippen molar-refractivity contribution >= 4 is 5.91 Å². The van der Waals surface area contributed by atoms with Crippen LogP contribution in [0, 0.1) is 6.92 Å². The molecule has 0 radical (unpaired) electrons. The highest BCUT2D eigenvalue weighted by molar-refractivity contribution is 5.78. The number of aryl methyl sites for hydroxylation is 1. The van der Waals surface area contributed by atoms with Gasteiger partial charge in [0.05, 0.1) is 5.56 Å². The van der Waals surface area contributed by atoms with Crippen LogP contribution < -0.4 is 10.1 Å². The average molecular weight is 349 g/mol. The predicted molar refractivity (Wildman–Crippen MR) is 98.6 cm³/mol. The number of benzene rings is 2. The molecule has 0 atom stereocenters. The van der Waals surface area contributed by atoms with E-state index in [9.17, 15) is 4.79 Å². The van der Waals surface area contributed by atoms with E-state index in [2.05, 4.69) is 22.0 Å². The number of nitrogens with one attached hydrogen (secondary N) is 1. The first kappa shape index (κ1) is 17.4. The summed E-state index contributed by atoms with van der Waals surface area (Å²) < 4.78 is 11.0. The van der Waals surface area contributed by atoms with Crippen molar-refractivity contribution in [2.75, 3.05) is 13.2 Å². The van der Waals surface area contributed by atoms with Gasteiger partial charge in [-0.05, 0) is 30.7 Å². The molecule has 0 bridgehead atoms. The SMILES string of the molecule is C=CCNC(=O)COc1ccccc1-c1noc(-c2ccccc2C)n1. The lowest BCUT2D eigenvalue weighted by molar-refractivity contribution is -0.122. The van der Waals surface area contributed by atoms with Gasteiger partial charge in [-0.15, -0.1) is 6.58 Å². The van der Waals surface area contributed by atoms with Gasteiger partial charge >= 0.3 is 0 Å². The average Bonchev–Trinajstić information content (AvgIpc) is 3.15. The van der Waals surface area contributed by atoms with E-state index < -0.39 is 0 Å². The summed E-state index contributed by atoms with van der Waals surface area (Å²) in [7, 11) is 0. The fraction of sp³-hybridized carbons (Fsp3) is 0.150. The van der Waals surface area contributed by atoms with Crippen LogP contribution in [0.25, 0.3) is 22.8 Å². The molecule has 0 saturated carbocycles. The molecule has 2 aromatic carbocycles. The van der Waals surface area contributed by atoms with Crippen molar-refractivity contribution in [3.05, 3.63) is 66.7 Å². The maximum Gasteiger partial charge on any atom is 0.258 e. The molecule has 0 saturated heterocycles. The molecule has 1 amide bonds. The number of carbonyl (C=O) groups excluding carboxylic acids is 1. The van der Waals surface area contributed by atoms with Crippen molar-refractivity contribution in [2.45, 2.75) is 6.92 Å². The van der Waals surface area contributed by atoms with Crippen molar-refractivity contribution in [1.29, 1.82) is 0 Å². The maximum atomic E-state index is 11.7. The number of ether oxygens (including phenoxy) is 1. The first-order chi connectivity index (χ1) is 12.7. The lowest BCUT2D eigenvalue weighted by Crippen LogP contribution is -2.28. The molecule has 1 N–H and O–H groups in total. The summed E-state index contributed by atoms with van der Waals surface area (Å²) in [6.45, 7) is 5.83. The third-order valence-electron chi connectivity index (χ3n) is 3.73. The molecule has 0 aliphatic heterocycles. The number of nitrogens with zero attached hydrogens (tertiary/aromatic N) is 2. The van der Waals surface area contributed by atoms with Crippen molar-refractivity contribution in [3.8, 4) is 28.6 Å². The Kier molecular flexibility index (Phi) is 5.43. The second kappa shape index (κ2) is 8.11. The van der Waals surface area contributed by atoms with Crippen LogP contribution in [0.4, 0.5) is 0 Å². The molecule has 26 heavy (non-hydrogen) atoms. The van der Waals surface area contributed by atoms with E-state index in [-0.39, 0.29) is 12.5 Å². The monoisotopic (exact) mass is 349 g/mol. The summed E-state index contributed by atoms with van der Waals surface area (Å²) in [6.07, 6.45) is 1.61. The quantitative estimate of drug-likeness (QED) is 0.662. The molecule has 132 valence electrons. The molecule has 0 spiro atoms. The van der Waals surface area contributed by atoms with Crippen LogP contribution in [0.3, 0.4) is 0 Å². The minimum Gasteiger partial charge on any atom is -0.483 e. The Hall–Kier alpha value is -3.41. The van der Waals surface area contributed by atoms with Crippen LogP contribution in [0.2, 0.25) is 0 Å².